The Morgan fingerprint density at radius 2 is 1.79 bits per heavy atom. The largest absolute Gasteiger partial charge is 0.475 e. The lowest BCUT2D eigenvalue weighted by Crippen LogP contribution is -2.44. The van der Waals surface area contributed by atoms with E-state index in [1.807, 2.05) is 6.92 Å². The van der Waals surface area contributed by atoms with E-state index in [4.69, 9.17) is 16.3 Å². The van der Waals surface area contributed by atoms with E-state index in [0.29, 0.717) is 5.56 Å². The third-order valence-electron chi connectivity index (χ3n) is 4.05. The second kappa shape index (κ2) is 6.18. The third-order valence-corrected chi connectivity index (χ3v) is 6.64. The number of aliphatic imine (C=N–C) groups is 1. The topological polar surface area (TPSA) is 55.7 Å². The van der Waals surface area contributed by atoms with Crippen LogP contribution in [-0.4, -0.2) is 26.8 Å². The molecule has 4 nitrogen and oxygen atoms in total. The monoisotopic (exact) mass is 367 g/mol. The van der Waals surface area contributed by atoms with Gasteiger partial charge in [-0.3, -0.25) is 0 Å². The highest BCUT2D eigenvalue weighted by Gasteiger charge is 2.56. The van der Waals surface area contributed by atoms with E-state index < -0.39 is 26.6 Å². The molecule has 2 unspecified atom stereocenters. The van der Waals surface area contributed by atoms with Crippen molar-refractivity contribution in [2.75, 3.05) is 5.88 Å². The standard InChI is InChI=1S/C17H15ClFNO3S/c1-12-2-8-15(9-3-12)24(21,22)17(16(10-18)23-11-20-17)13-4-6-14(19)7-5-13/h2-9,11,16H,10H2,1H3. The van der Waals surface area contributed by atoms with Crippen LogP contribution < -0.4 is 0 Å². The summed E-state index contributed by atoms with van der Waals surface area (Å²) >= 11 is 5.95. The summed E-state index contributed by atoms with van der Waals surface area (Å²) in [6.45, 7) is 1.87. The van der Waals surface area contributed by atoms with E-state index in [1.165, 1.54) is 36.4 Å². The van der Waals surface area contributed by atoms with Crippen LogP contribution >= 0.6 is 11.6 Å². The second-order valence-electron chi connectivity index (χ2n) is 5.53. The van der Waals surface area contributed by atoms with Crippen molar-refractivity contribution in [1.29, 1.82) is 0 Å². The number of sulfone groups is 1. The maximum atomic E-state index is 13.4. The molecule has 0 spiro atoms. The van der Waals surface area contributed by atoms with Crippen LogP contribution in [0.1, 0.15) is 11.1 Å². The van der Waals surface area contributed by atoms with Crippen molar-refractivity contribution >= 4 is 27.8 Å². The molecular formula is C17H15ClFNO3S. The molecule has 0 N–H and O–H groups in total. The number of hydrogen-bond acceptors (Lipinski definition) is 4. The van der Waals surface area contributed by atoms with Crippen molar-refractivity contribution in [3.8, 4) is 0 Å². The lowest BCUT2D eigenvalue weighted by Gasteiger charge is -2.30. The SMILES string of the molecule is Cc1ccc(S(=O)(=O)C2(c3ccc(F)cc3)N=COC2CCl)cc1. The molecule has 7 heteroatoms. The van der Waals surface area contributed by atoms with Gasteiger partial charge in [-0.1, -0.05) is 29.8 Å². The molecule has 0 fully saturated rings. The Labute approximate surface area is 144 Å². The summed E-state index contributed by atoms with van der Waals surface area (Å²) in [6, 6.07) is 11.6. The quantitative estimate of drug-likeness (QED) is 0.778. The first-order valence-electron chi connectivity index (χ1n) is 7.24. The highest BCUT2D eigenvalue weighted by atomic mass is 35.5. The lowest BCUT2D eigenvalue weighted by molar-refractivity contribution is 0.204. The van der Waals surface area contributed by atoms with Gasteiger partial charge in [0.15, 0.2) is 12.5 Å². The summed E-state index contributed by atoms with van der Waals surface area (Å²) in [5.41, 5.74) is 1.24. The molecular weight excluding hydrogens is 353 g/mol. The zero-order chi connectivity index (χ0) is 17.4. The van der Waals surface area contributed by atoms with Gasteiger partial charge in [-0.25, -0.2) is 17.8 Å². The van der Waals surface area contributed by atoms with E-state index in [9.17, 15) is 12.8 Å². The molecule has 3 rings (SSSR count). The Morgan fingerprint density at radius 1 is 1.17 bits per heavy atom. The number of halogens is 2. The number of aryl methyl sites for hydroxylation is 1. The molecule has 2 atom stereocenters. The van der Waals surface area contributed by atoms with E-state index in [1.54, 1.807) is 12.1 Å². The van der Waals surface area contributed by atoms with Gasteiger partial charge in [0.25, 0.3) is 0 Å². The molecule has 2 aromatic carbocycles. The molecule has 0 bridgehead atoms. The van der Waals surface area contributed by atoms with Crippen LogP contribution in [0.5, 0.6) is 0 Å². The number of nitrogens with zero attached hydrogens (tertiary/aromatic N) is 1. The smallest absolute Gasteiger partial charge is 0.231 e. The molecule has 0 radical (unpaired) electrons. The summed E-state index contributed by atoms with van der Waals surface area (Å²) in [5.74, 6) is -0.547. The summed E-state index contributed by atoms with van der Waals surface area (Å²) in [5, 5.41) is 0. The van der Waals surface area contributed by atoms with Gasteiger partial charge in [0, 0.05) is 0 Å². The molecule has 1 aliphatic rings. The van der Waals surface area contributed by atoms with E-state index in [2.05, 4.69) is 4.99 Å². The molecule has 24 heavy (non-hydrogen) atoms. The van der Waals surface area contributed by atoms with Crippen molar-refractivity contribution in [2.24, 2.45) is 4.99 Å². The van der Waals surface area contributed by atoms with Crippen LogP contribution in [0.4, 0.5) is 4.39 Å². The molecule has 2 aromatic rings. The first-order chi connectivity index (χ1) is 11.4. The van der Waals surface area contributed by atoms with Crippen LogP contribution in [-0.2, 0) is 19.4 Å². The molecule has 0 amide bonds. The van der Waals surface area contributed by atoms with Crippen LogP contribution in [0.3, 0.4) is 0 Å². The normalized spacial score (nSPS) is 23.2. The van der Waals surface area contributed by atoms with E-state index >= 15 is 0 Å². The first kappa shape index (κ1) is 16.9. The average molecular weight is 368 g/mol. The lowest BCUT2D eigenvalue weighted by atomic mass is 10.0. The number of hydrogen-bond donors (Lipinski definition) is 0. The maximum absolute atomic E-state index is 13.4. The third kappa shape index (κ3) is 2.50. The van der Waals surface area contributed by atoms with Gasteiger partial charge in [-0.15, -0.1) is 11.6 Å². The second-order valence-corrected chi connectivity index (χ2v) is 7.94. The van der Waals surface area contributed by atoms with Gasteiger partial charge < -0.3 is 4.74 Å². The Hall–Kier alpha value is -1.92. The zero-order valence-corrected chi connectivity index (χ0v) is 14.4. The molecule has 126 valence electrons. The van der Waals surface area contributed by atoms with Crippen molar-refractivity contribution in [2.45, 2.75) is 22.8 Å². The van der Waals surface area contributed by atoms with Gasteiger partial charge >= 0.3 is 0 Å². The van der Waals surface area contributed by atoms with Crippen molar-refractivity contribution < 1.29 is 17.5 Å². The highest BCUT2D eigenvalue weighted by molar-refractivity contribution is 7.92. The van der Waals surface area contributed by atoms with Crippen LogP contribution in [0.2, 0.25) is 0 Å². The number of ether oxygens (including phenoxy) is 1. The van der Waals surface area contributed by atoms with Crippen LogP contribution in [0.15, 0.2) is 58.4 Å². The average Bonchev–Trinajstić information content (AvgIpc) is 3.01. The highest BCUT2D eigenvalue weighted by Crippen LogP contribution is 2.44. The van der Waals surface area contributed by atoms with Gasteiger partial charge in [0.2, 0.25) is 14.7 Å². The number of rotatable bonds is 4. The van der Waals surface area contributed by atoms with Crippen molar-refractivity contribution in [1.82, 2.24) is 0 Å². The molecule has 0 aromatic heterocycles. The Balaban J connectivity index is 2.24. The van der Waals surface area contributed by atoms with Crippen LogP contribution in [0.25, 0.3) is 0 Å². The summed E-state index contributed by atoms with van der Waals surface area (Å²) < 4.78 is 45.4. The van der Waals surface area contributed by atoms with Gasteiger partial charge in [0.1, 0.15) is 5.82 Å². The Kier molecular flexibility index (Phi) is 4.36. The molecule has 0 saturated carbocycles. The minimum absolute atomic E-state index is 0.0809. The number of benzene rings is 2. The van der Waals surface area contributed by atoms with Crippen LogP contribution in [0, 0.1) is 12.7 Å². The summed E-state index contributed by atoms with van der Waals surface area (Å²) in [7, 11) is -3.97. The molecule has 0 aliphatic carbocycles. The minimum atomic E-state index is -3.97. The molecule has 1 heterocycles. The Bertz CT molecular complexity index is 866. The molecule has 0 saturated heterocycles. The fraction of sp³-hybridized carbons (Fsp3) is 0.235. The fourth-order valence-corrected chi connectivity index (χ4v) is 5.10. The van der Waals surface area contributed by atoms with Crippen molar-refractivity contribution in [3.05, 3.63) is 65.5 Å². The minimum Gasteiger partial charge on any atom is -0.475 e. The maximum Gasteiger partial charge on any atom is 0.231 e. The van der Waals surface area contributed by atoms with Gasteiger partial charge in [0.05, 0.1) is 10.8 Å². The summed E-state index contributed by atoms with van der Waals surface area (Å²) in [4.78, 5) is 2.52. The summed E-state index contributed by atoms with van der Waals surface area (Å²) in [6.07, 6.45) is 0.193. The zero-order valence-electron chi connectivity index (χ0n) is 12.8. The number of alkyl halides is 1. The van der Waals surface area contributed by atoms with Crippen molar-refractivity contribution in [3.63, 3.8) is 0 Å². The predicted molar refractivity (Wildman–Crippen MR) is 90.5 cm³/mol. The Morgan fingerprint density at radius 3 is 2.38 bits per heavy atom. The van der Waals surface area contributed by atoms with Gasteiger partial charge in [-0.05, 0) is 36.8 Å². The fourth-order valence-electron chi connectivity index (χ4n) is 2.74. The van der Waals surface area contributed by atoms with E-state index in [0.717, 1.165) is 12.0 Å². The van der Waals surface area contributed by atoms with E-state index in [-0.39, 0.29) is 10.8 Å². The molecule has 1 aliphatic heterocycles. The van der Waals surface area contributed by atoms with Gasteiger partial charge in [-0.2, -0.15) is 0 Å². The predicted octanol–water partition coefficient (Wildman–Crippen LogP) is 3.43. The first-order valence-corrected chi connectivity index (χ1v) is 9.26.